The summed E-state index contributed by atoms with van der Waals surface area (Å²) in [7, 11) is 0. The van der Waals surface area contributed by atoms with Gasteiger partial charge in [0.2, 0.25) is 11.8 Å². The molecule has 2 amide bonds. The number of aromatic amines is 1. The van der Waals surface area contributed by atoms with Crippen molar-refractivity contribution in [3.05, 3.63) is 24.3 Å². The minimum absolute atomic E-state index is 0.0436. The second-order valence-electron chi connectivity index (χ2n) is 4.58. The van der Waals surface area contributed by atoms with E-state index in [9.17, 15) is 9.59 Å². The maximum absolute atomic E-state index is 11.9. The number of hydrogen-bond acceptors (Lipinski definition) is 3. The molecule has 3 rings (SSSR count). The first-order chi connectivity index (χ1) is 9.24. The van der Waals surface area contributed by atoms with E-state index < -0.39 is 0 Å². The summed E-state index contributed by atoms with van der Waals surface area (Å²) >= 11 is 0. The van der Waals surface area contributed by atoms with Crippen LogP contribution in [0.4, 0.5) is 5.82 Å². The number of nitrogens with zero attached hydrogens (tertiary/aromatic N) is 2. The van der Waals surface area contributed by atoms with E-state index in [2.05, 4.69) is 15.5 Å². The zero-order chi connectivity index (χ0) is 13.2. The SMILES string of the molecule is O=C(CN1CCCC1=O)Nc1n[nH]c2ccccc12. The fraction of sp³-hybridized carbons (Fsp3) is 0.308. The largest absolute Gasteiger partial charge is 0.333 e. The summed E-state index contributed by atoms with van der Waals surface area (Å²) in [6.45, 7) is 0.758. The molecule has 0 atom stereocenters. The zero-order valence-electron chi connectivity index (χ0n) is 10.3. The predicted molar refractivity (Wildman–Crippen MR) is 70.5 cm³/mol. The molecule has 0 aliphatic carbocycles. The van der Waals surface area contributed by atoms with Gasteiger partial charge in [0.15, 0.2) is 5.82 Å². The lowest BCUT2D eigenvalue weighted by molar-refractivity contribution is -0.131. The molecule has 0 unspecified atom stereocenters. The maximum atomic E-state index is 11.9. The van der Waals surface area contributed by atoms with Gasteiger partial charge in [0.1, 0.15) is 0 Å². The summed E-state index contributed by atoms with van der Waals surface area (Å²) in [5.74, 6) is 0.335. The molecule has 0 spiro atoms. The van der Waals surface area contributed by atoms with Crippen LogP contribution in [0.25, 0.3) is 10.9 Å². The Hall–Kier alpha value is -2.37. The van der Waals surface area contributed by atoms with Gasteiger partial charge in [-0.1, -0.05) is 12.1 Å². The molecule has 98 valence electrons. The summed E-state index contributed by atoms with van der Waals surface area (Å²) in [5, 5.41) is 10.5. The quantitative estimate of drug-likeness (QED) is 0.866. The molecule has 1 saturated heterocycles. The smallest absolute Gasteiger partial charge is 0.245 e. The number of hydrogen-bond donors (Lipinski definition) is 2. The third kappa shape index (κ3) is 2.29. The molecular formula is C13H14N4O2. The fourth-order valence-electron chi connectivity index (χ4n) is 2.27. The highest BCUT2D eigenvalue weighted by Crippen LogP contribution is 2.19. The van der Waals surface area contributed by atoms with E-state index >= 15 is 0 Å². The third-order valence-electron chi connectivity index (χ3n) is 3.23. The first-order valence-electron chi connectivity index (χ1n) is 6.25. The van der Waals surface area contributed by atoms with E-state index in [0.29, 0.717) is 18.8 Å². The summed E-state index contributed by atoms with van der Waals surface area (Å²) in [4.78, 5) is 24.9. The number of carbonyl (C=O) groups excluding carboxylic acids is 2. The number of likely N-dealkylation sites (tertiary alicyclic amines) is 1. The molecule has 2 heterocycles. The van der Waals surface area contributed by atoms with Crippen molar-refractivity contribution in [1.29, 1.82) is 0 Å². The van der Waals surface area contributed by atoms with Crippen LogP contribution < -0.4 is 5.32 Å². The summed E-state index contributed by atoms with van der Waals surface area (Å²) < 4.78 is 0. The number of H-pyrrole nitrogens is 1. The lowest BCUT2D eigenvalue weighted by Crippen LogP contribution is -2.34. The Bertz CT molecular complexity index is 634. The number of para-hydroxylation sites is 1. The molecular weight excluding hydrogens is 244 g/mol. The average molecular weight is 258 g/mol. The summed E-state index contributed by atoms with van der Waals surface area (Å²) in [6.07, 6.45) is 1.37. The molecule has 1 aromatic carbocycles. The van der Waals surface area contributed by atoms with Gasteiger partial charge in [-0.25, -0.2) is 0 Å². The van der Waals surface area contributed by atoms with Crippen LogP contribution in [0.3, 0.4) is 0 Å². The van der Waals surface area contributed by atoms with Gasteiger partial charge in [-0.3, -0.25) is 14.7 Å². The van der Waals surface area contributed by atoms with E-state index in [1.54, 1.807) is 4.90 Å². The van der Waals surface area contributed by atoms with Gasteiger partial charge in [0, 0.05) is 18.4 Å². The van der Waals surface area contributed by atoms with E-state index in [0.717, 1.165) is 17.3 Å². The van der Waals surface area contributed by atoms with Crippen LogP contribution in [0.1, 0.15) is 12.8 Å². The van der Waals surface area contributed by atoms with Crippen molar-refractivity contribution in [2.24, 2.45) is 0 Å². The van der Waals surface area contributed by atoms with E-state index in [1.807, 2.05) is 24.3 Å². The van der Waals surface area contributed by atoms with Crippen LogP contribution in [0.15, 0.2) is 24.3 Å². The monoisotopic (exact) mass is 258 g/mol. The molecule has 1 aliphatic heterocycles. The number of rotatable bonds is 3. The van der Waals surface area contributed by atoms with Crippen molar-refractivity contribution in [2.75, 3.05) is 18.4 Å². The topological polar surface area (TPSA) is 78.1 Å². The van der Waals surface area contributed by atoms with E-state index in [-0.39, 0.29) is 18.4 Å². The van der Waals surface area contributed by atoms with Crippen LogP contribution in [-0.4, -0.2) is 40.0 Å². The Kier molecular flexibility index (Phi) is 2.91. The molecule has 6 heteroatoms. The van der Waals surface area contributed by atoms with Crippen LogP contribution in [0.5, 0.6) is 0 Å². The van der Waals surface area contributed by atoms with Gasteiger partial charge < -0.3 is 10.2 Å². The van der Waals surface area contributed by atoms with Crippen LogP contribution in [0, 0.1) is 0 Å². The zero-order valence-corrected chi connectivity index (χ0v) is 10.3. The Morgan fingerprint density at radius 2 is 2.26 bits per heavy atom. The normalized spacial score (nSPS) is 15.2. The second kappa shape index (κ2) is 4.72. The van der Waals surface area contributed by atoms with Gasteiger partial charge in [-0.05, 0) is 18.6 Å². The van der Waals surface area contributed by atoms with Crippen molar-refractivity contribution >= 4 is 28.5 Å². The molecule has 0 bridgehead atoms. The van der Waals surface area contributed by atoms with Gasteiger partial charge in [-0.15, -0.1) is 0 Å². The second-order valence-corrected chi connectivity index (χ2v) is 4.58. The lowest BCUT2D eigenvalue weighted by Gasteiger charge is -2.14. The highest BCUT2D eigenvalue weighted by atomic mass is 16.2. The van der Waals surface area contributed by atoms with Crippen LogP contribution in [0.2, 0.25) is 0 Å². The van der Waals surface area contributed by atoms with Crippen molar-refractivity contribution in [1.82, 2.24) is 15.1 Å². The molecule has 1 fully saturated rings. The van der Waals surface area contributed by atoms with Gasteiger partial charge in [0.05, 0.1) is 12.1 Å². The average Bonchev–Trinajstić information content (AvgIpc) is 2.98. The van der Waals surface area contributed by atoms with E-state index in [4.69, 9.17) is 0 Å². The molecule has 1 aromatic heterocycles. The van der Waals surface area contributed by atoms with Crippen LogP contribution >= 0.6 is 0 Å². The van der Waals surface area contributed by atoms with Gasteiger partial charge in [-0.2, -0.15) is 5.10 Å². The Morgan fingerprint density at radius 3 is 3.05 bits per heavy atom. The molecule has 0 saturated carbocycles. The van der Waals surface area contributed by atoms with Gasteiger partial charge in [0.25, 0.3) is 0 Å². The highest BCUT2D eigenvalue weighted by Gasteiger charge is 2.22. The molecule has 19 heavy (non-hydrogen) atoms. The standard InChI is InChI=1S/C13H14N4O2/c18-11(8-17-7-3-6-12(17)19)14-13-9-4-1-2-5-10(9)15-16-13/h1-2,4-5H,3,6-8H2,(H2,14,15,16,18). The lowest BCUT2D eigenvalue weighted by atomic mass is 10.2. The molecule has 1 aliphatic rings. The van der Waals surface area contributed by atoms with Crippen LogP contribution in [-0.2, 0) is 9.59 Å². The number of anilines is 1. The Balaban J connectivity index is 1.71. The first-order valence-corrected chi connectivity index (χ1v) is 6.25. The Labute approximate surface area is 109 Å². The van der Waals surface area contributed by atoms with Gasteiger partial charge >= 0.3 is 0 Å². The van der Waals surface area contributed by atoms with Crippen molar-refractivity contribution < 1.29 is 9.59 Å². The highest BCUT2D eigenvalue weighted by molar-refractivity contribution is 6.01. The van der Waals surface area contributed by atoms with Crippen molar-refractivity contribution in [2.45, 2.75) is 12.8 Å². The fourth-order valence-corrected chi connectivity index (χ4v) is 2.27. The number of fused-ring (bicyclic) bond motifs is 1. The number of amides is 2. The first kappa shape index (κ1) is 11.7. The van der Waals surface area contributed by atoms with E-state index in [1.165, 1.54) is 0 Å². The molecule has 0 radical (unpaired) electrons. The molecule has 6 nitrogen and oxygen atoms in total. The maximum Gasteiger partial charge on any atom is 0.245 e. The number of carbonyl (C=O) groups is 2. The number of nitrogens with one attached hydrogen (secondary N) is 2. The minimum atomic E-state index is -0.215. The van der Waals surface area contributed by atoms with Crippen molar-refractivity contribution in [3.8, 4) is 0 Å². The summed E-state index contributed by atoms with van der Waals surface area (Å²) in [5.41, 5.74) is 0.870. The Morgan fingerprint density at radius 1 is 1.42 bits per heavy atom. The summed E-state index contributed by atoms with van der Waals surface area (Å²) in [6, 6.07) is 7.56. The molecule has 2 aromatic rings. The number of benzene rings is 1. The molecule has 2 N–H and O–H groups in total. The predicted octanol–water partition coefficient (Wildman–Crippen LogP) is 1.12. The van der Waals surface area contributed by atoms with Crippen molar-refractivity contribution in [3.63, 3.8) is 0 Å². The minimum Gasteiger partial charge on any atom is -0.333 e. The number of aromatic nitrogens is 2. The third-order valence-corrected chi connectivity index (χ3v) is 3.23.